The molecule has 2 N–H and O–H groups in total. The highest BCUT2D eigenvalue weighted by Crippen LogP contribution is 2.42. The number of carbonyl (C=O) groups excluding carboxylic acids is 1. The third kappa shape index (κ3) is 4.68. The molecule has 6 heteroatoms. The molecule has 36 heavy (non-hydrogen) atoms. The molecular weight excluding hydrogens is 450 g/mol. The van der Waals surface area contributed by atoms with Crippen LogP contribution in [0.25, 0.3) is 22.4 Å². The standard InChI is InChI=1S/C30H33N3O3/c1-35-23-15-16-24(27(19-23)36-2)30-32-25-13-6-7-14-26(25)33(30)28(29(31)34)22-12-8-11-21(18-22)17-20-9-4-3-5-10-20/h3-7,9-10,13-16,19,21-22,28H,8,11-12,17-18H2,1-2H3,(H2,31,34). The Morgan fingerprint density at radius 2 is 1.81 bits per heavy atom. The SMILES string of the molecule is COc1ccc(-c2nc3ccccc3n2C(C(N)=O)C2CCCC(Cc3ccccc3)C2)c(OC)c1. The maximum atomic E-state index is 13.2. The molecule has 1 amide bonds. The molecule has 3 aromatic carbocycles. The fraction of sp³-hybridized carbons (Fsp3) is 0.333. The molecule has 1 aliphatic carbocycles. The Morgan fingerprint density at radius 1 is 1.03 bits per heavy atom. The summed E-state index contributed by atoms with van der Waals surface area (Å²) in [6.07, 6.45) is 5.19. The number of carbonyl (C=O) groups is 1. The summed E-state index contributed by atoms with van der Waals surface area (Å²) in [7, 11) is 3.26. The minimum atomic E-state index is -0.502. The molecule has 1 aromatic heterocycles. The van der Waals surface area contributed by atoms with E-state index >= 15 is 0 Å². The van der Waals surface area contributed by atoms with Crippen molar-refractivity contribution in [1.29, 1.82) is 0 Å². The van der Waals surface area contributed by atoms with E-state index in [4.69, 9.17) is 20.2 Å². The van der Waals surface area contributed by atoms with Crippen molar-refractivity contribution >= 4 is 16.9 Å². The second-order valence-electron chi connectivity index (χ2n) is 9.69. The maximum Gasteiger partial charge on any atom is 0.240 e. The van der Waals surface area contributed by atoms with E-state index < -0.39 is 6.04 Å². The lowest BCUT2D eigenvalue weighted by Crippen LogP contribution is -2.36. The smallest absolute Gasteiger partial charge is 0.240 e. The minimum absolute atomic E-state index is 0.130. The molecule has 0 radical (unpaired) electrons. The summed E-state index contributed by atoms with van der Waals surface area (Å²) in [6, 6.07) is 23.7. The molecular formula is C30H33N3O3. The number of methoxy groups -OCH3 is 2. The van der Waals surface area contributed by atoms with E-state index in [1.807, 2.05) is 42.5 Å². The van der Waals surface area contributed by atoms with Gasteiger partial charge in [0.1, 0.15) is 23.4 Å². The Hall–Kier alpha value is -3.80. The van der Waals surface area contributed by atoms with Crippen molar-refractivity contribution in [3.05, 3.63) is 78.4 Å². The van der Waals surface area contributed by atoms with E-state index in [1.54, 1.807) is 14.2 Å². The average Bonchev–Trinajstić information content (AvgIpc) is 3.28. The van der Waals surface area contributed by atoms with Crippen LogP contribution in [0.5, 0.6) is 11.5 Å². The highest BCUT2D eigenvalue weighted by atomic mass is 16.5. The molecule has 0 saturated heterocycles. The molecule has 1 fully saturated rings. The Morgan fingerprint density at radius 3 is 2.56 bits per heavy atom. The Kier molecular flexibility index (Phi) is 6.94. The lowest BCUT2D eigenvalue weighted by atomic mass is 9.75. The number of primary amides is 1. The van der Waals surface area contributed by atoms with E-state index in [0.717, 1.165) is 42.3 Å². The van der Waals surface area contributed by atoms with E-state index in [9.17, 15) is 4.79 Å². The van der Waals surface area contributed by atoms with Crippen LogP contribution in [-0.4, -0.2) is 29.7 Å². The molecule has 3 unspecified atom stereocenters. The van der Waals surface area contributed by atoms with Crippen LogP contribution >= 0.6 is 0 Å². The van der Waals surface area contributed by atoms with Crippen LogP contribution in [0.3, 0.4) is 0 Å². The van der Waals surface area contributed by atoms with Crippen LogP contribution in [0.1, 0.15) is 37.3 Å². The number of amides is 1. The van der Waals surface area contributed by atoms with Crippen LogP contribution in [0, 0.1) is 11.8 Å². The largest absolute Gasteiger partial charge is 0.497 e. The molecule has 3 atom stereocenters. The molecule has 0 aliphatic heterocycles. The third-order valence-corrected chi connectivity index (χ3v) is 7.45. The van der Waals surface area contributed by atoms with Gasteiger partial charge in [-0.25, -0.2) is 4.98 Å². The number of nitrogens with zero attached hydrogens (tertiary/aromatic N) is 2. The molecule has 6 nitrogen and oxygen atoms in total. The maximum absolute atomic E-state index is 13.2. The van der Waals surface area contributed by atoms with Gasteiger partial charge in [-0.05, 0) is 60.9 Å². The highest BCUT2D eigenvalue weighted by molar-refractivity contribution is 5.87. The zero-order valence-corrected chi connectivity index (χ0v) is 20.9. The fourth-order valence-corrected chi connectivity index (χ4v) is 5.82. The molecule has 1 heterocycles. The zero-order chi connectivity index (χ0) is 25.1. The first-order valence-electron chi connectivity index (χ1n) is 12.6. The van der Waals surface area contributed by atoms with Crippen LogP contribution < -0.4 is 15.2 Å². The lowest BCUT2D eigenvalue weighted by Gasteiger charge is -2.35. The van der Waals surface area contributed by atoms with Gasteiger partial charge in [-0.3, -0.25) is 4.79 Å². The van der Waals surface area contributed by atoms with Crippen LogP contribution in [0.2, 0.25) is 0 Å². The van der Waals surface area contributed by atoms with Crippen LogP contribution in [0.4, 0.5) is 0 Å². The second-order valence-corrected chi connectivity index (χ2v) is 9.69. The summed E-state index contributed by atoms with van der Waals surface area (Å²) >= 11 is 0. The van der Waals surface area contributed by atoms with Gasteiger partial charge in [-0.15, -0.1) is 0 Å². The number of para-hydroxylation sites is 2. The zero-order valence-electron chi connectivity index (χ0n) is 20.9. The summed E-state index contributed by atoms with van der Waals surface area (Å²) in [6.45, 7) is 0. The van der Waals surface area contributed by atoms with Gasteiger partial charge in [-0.1, -0.05) is 55.3 Å². The average molecular weight is 484 g/mol. The fourth-order valence-electron chi connectivity index (χ4n) is 5.82. The first-order chi connectivity index (χ1) is 17.6. The molecule has 0 spiro atoms. The summed E-state index contributed by atoms with van der Waals surface area (Å²) in [5.74, 6) is 2.34. The Bertz CT molecular complexity index is 1350. The Balaban J connectivity index is 1.58. The monoisotopic (exact) mass is 483 g/mol. The highest BCUT2D eigenvalue weighted by Gasteiger charge is 2.36. The predicted molar refractivity (Wildman–Crippen MR) is 142 cm³/mol. The number of benzene rings is 3. The van der Waals surface area contributed by atoms with Crippen LogP contribution in [0.15, 0.2) is 72.8 Å². The van der Waals surface area contributed by atoms with Crippen molar-refractivity contribution in [2.75, 3.05) is 14.2 Å². The predicted octanol–water partition coefficient (Wildman–Crippen LogP) is 5.80. The van der Waals surface area contributed by atoms with E-state index in [0.29, 0.717) is 23.2 Å². The van der Waals surface area contributed by atoms with Gasteiger partial charge in [0, 0.05) is 6.07 Å². The Labute approximate surface area is 212 Å². The number of fused-ring (bicyclic) bond motifs is 1. The molecule has 5 rings (SSSR count). The van der Waals surface area contributed by atoms with Gasteiger partial charge in [0.2, 0.25) is 5.91 Å². The lowest BCUT2D eigenvalue weighted by molar-refractivity contribution is -0.123. The quantitative estimate of drug-likeness (QED) is 0.344. The van der Waals surface area contributed by atoms with Gasteiger partial charge in [0.25, 0.3) is 0 Å². The van der Waals surface area contributed by atoms with Gasteiger partial charge in [0.15, 0.2) is 0 Å². The third-order valence-electron chi connectivity index (χ3n) is 7.45. The molecule has 4 aromatic rings. The van der Waals surface area contributed by atoms with Crippen molar-refractivity contribution in [3.63, 3.8) is 0 Å². The minimum Gasteiger partial charge on any atom is -0.497 e. The van der Waals surface area contributed by atoms with Crippen molar-refractivity contribution in [2.45, 2.75) is 38.1 Å². The topological polar surface area (TPSA) is 79.4 Å². The number of ether oxygens (including phenoxy) is 2. The normalized spacial score (nSPS) is 18.6. The van der Waals surface area contributed by atoms with Gasteiger partial charge in [-0.2, -0.15) is 0 Å². The first kappa shape index (κ1) is 23.9. The van der Waals surface area contributed by atoms with E-state index in [1.165, 1.54) is 12.0 Å². The molecule has 0 bridgehead atoms. The van der Waals surface area contributed by atoms with Crippen LogP contribution in [-0.2, 0) is 11.2 Å². The van der Waals surface area contributed by atoms with Gasteiger partial charge in [0.05, 0.1) is 30.8 Å². The second kappa shape index (κ2) is 10.4. The van der Waals surface area contributed by atoms with E-state index in [2.05, 4.69) is 34.9 Å². The summed E-state index contributed by atoms with van der Waals surface area (Å²) in [5, 5.41) is 0. The van der Waals surface area contributed by atoms with E-state index in [-0.39, 0.29) is 11.8 Å². The molecule has 1 aliphatic rings. The summed E-state index contributed by atoms with van der Waals surface area (Å²) < 4.78 is 13.2. The first-order valence-corrected chi connectivity index (χ1v) is 12.6. The number of nitrogens with two attached hydrogens (primary N) is 1. The number of hydrogen-bond acceptors (Lipinski definition) is 4. The van der Waals surface area contributed by atoms with Crippen molar-refractivity contribution in [1.82, 2.24) is 9.55 Å². The van der Waals surface area contributed by atoms with Crippen molar-refractivity contribution in [2.24, 2.45) is 17.6 Å². The number of imidazole rings is 1. The number of rotatable bonds is 8. The number of hydrogen-bond donors (Lipinski definition) is 1. The van der Waals surface area contributed by atoms with Gasteiger partial charge < -0.3 is 19.8 Å². The molecule has 186 valence electrons. The van der Waals surface area contributed by atoms with Crippen molar-refractivity contribution < 1.29 is 14.3 Å². The van der Waals surface area contributed by atoms with Gasteiger partial charge >= 0.3 is 0 Å². The van der Waals surface area contributed by atoms with Crippen molar-refractivity contribution in [3.8, 4) is 22.9 Å². The summed E-state index contributed by atoms with van der Waals surface area (Å²) in [4.78, 5) is 18.1. The summed E-state index contributed by atoms with van der Waals surface area (Å²) in [5.41, 5.74) is 10.0. The molecule has 1 saturated carbocycles. The number of aromatic nitrogens is 2.